The number of Topliss-reactive ketones (excluding diaryl/α,β-unsaturated/α-hetero) is 1. The molecule has 5 saturated carbocycles. The van der Waals surface area contributed by atoms with Crippen molar-refractivity contribution in [3.63, 3.8) is 0 Å². The SMILES string of the molecule is CC(C)C1=C2[C@H]3CC[C@@H]4[C@@]5(C)CC[C@H](OC(=O)[C@H]6C[C@@H](C(=O)O)C6(C)C)C(C)(C)C5CC[C@@]4(C)[C@]3(C)CC[C@@]2(NC(=O)C(C)(C)NC(=O)[C@H]2CCCNC2)CC1=O. The lowest BCUT2D eigenvalue weighted by molar-refractivity contribution is -0.235. The van der Waals surface area contributed by atoms with Crippen LogP contribution < -0.4 is 16.0 Å². The van der Waals surface area contributed by atoms with Gasteiger partial charge in [-0.05, 0) is 147 Å². The third-order valence-corrected chi connectivity index (χ3v) is 18.5. The van der Waals surface area contributed by atoms with Crippen molar-refractivity contribution in [2.75, 3.05) is 13.1 Å². The largest absolute Gasteiger partial charge is 0.481 e. The standard InChI is InChI=1S/C47H73N3O7/c1-26(2)35-31(51)24-47(50-40(56)43(7,8)49-37(52)27-13-12-22-48-25-27)21-20-45(10)28(36(35)47)14-15-33-44(9)18-17-34(42(5,6)32(44)16-19-46(33,45)11)57-39(55)30-23-29(38(53)54)41(30,3)4/h26-30,32-34,48H,12-25H2,1-11H3,(H,49,52)(H,50,56)(H,53,54)/t27-,28+,29-,30+,32?,33+,34-,44-,45+,46+,47+/m0/s1. The summed E-state index contributed by atoms with van der Waals surface area (Å²) in [5.41, 5.74) is -0.701. The van der Waals surface area contributed by atoms with Gasteiger partial charge in [0.15, 0.2) is 5.78 Å². The van der Waals surface area contributed by atoms with Gasteiger partial charge in [0, 0.05) is 18.4 Å². The Morgan fingerprint density at radius 3 is 2.16 bits per heavy atom. The summed E-state index contributed by atoms with van der Waals surface area (Å²) in [6, 6.07) is 0. The van der Waals surface area contributed by atoms with E-state index in [1.807, 2.05) is 13.8 Å². The molecule has 6 fully saturated rings. The topological polar surface area (TPSA) is 151 Å². The number of carboxylic acids is 1. The first-order valence-corrected chi connectivity index (χ1v) is 22.4. The lowest BCUT2D eigenvalue weighted by Gasteiger charge is -2.72. The number of piperidine rings is 1. The van der Waals surface area contributed by atoms with Crippen molar-refractivity contribution in [1.82, 2.24) is 16.0 Å². The molecule has 0 radical (unpaired) electrons. The van der Waals surface area contributed by atoms with Gasteiger partial charge in [-0.15, -0.1) is 0 Å². The predicted octanol–water partition coefficient (Wildman–Crippen LogP) is 7.39. The van der Waals surface area contributed by atoms with Crippen LogP contribution in [0.1, 0.15) is 153 Å². The zero-order valence-corrected chi connectivity index (χ0v) is 36.9. The van der Waals surface area contributed by atoms with Crippen LogP contribution in [-0.2, 0) is 28.7 Å². The third-order valence-electron chi connectivity index (χ3n) is 18.5. The van der Waals surface area contributed by atoms with Gasteiger partial charge in [-0.1, -0.05) is 62.3 Å². The molecule has 0 aromatic rings. The summed E-state index contributed by atoms with van der Waals surface area (Å²) in [6.45, 7) is 25.3. The summed E-state index contributed by atoms with van der Waals surface area (Å²) in [5, 5.41) is 19.5. The molecular weight excluding hydrogens is 719 g/mol. The van der Waals surface area contributed by atoms with E-state index in [-0.39, 0.29) is 75.5 Å². The van der Waals surface area contributed by atoms with Gasteiger partial charge in [-0.2, -0.15) is 0 Å². The molecule has 2 amide bonds. The van der Waals surface area contributed by atoms with Gasteiger partial charge in [0.1, 0.15) is 11.6 Å². The number of carboxylic acid groups (broad SMARTS) is 1. The molecule has 1 heterocycles. The number of rotatable bonds is 8. The smallest absolute Gasteiger partial charge is 0.309 e. The molecular formula is C47H73N3O7. The van der Waals surface area contributed by atoms with E-state index in [4.69, 9.17) is 4.74 Å². The fourth-order valence-electron chi connectivity index (χ4n) is 14.8. The second kappa shape index (κ2) is 13.9. The molecule has 4 N–H and O–H groups in total. The fourth-order valence-corrected chi connectivity index (χ4v) is 14.8. The number of hydrogen-bond acceptors (Lipinski definition) is 7. The van der Waals surface area contributed by atoms with Crippen LogP contribution in [0.15, 0.2) is 11.1 Å². The highest BCUT2D eigenvalue weighted by Gasteiger charge is 2.71. The molecule has 6 aliphatic carbocycles. The van der Waals surface area contributed by atoms with Crippen molar-refractivity contribution in [3.8, 4) is 0 Å². The molecule has 318 valence electrons. The Labute approximate surface area is 341 Å². The molecule has 1 aliphatic heterocycles. The Balaban J connectivity index is 1.13. The van der Waals surface area contributed by atoms with Gasteiger partial charge in [0.05, 0.1) is 23.3 Å². The maximum Gasteiger partial charge on any atom is 0.309 e. The van der Waals surface area contributed by atoms with Crippen molar-refractivity contribution in [2.24, 2.45) is 68.5 Å². The molecule has 0 aromatic heterocycles. The molecule has 7 rings (SSSR count). The van der Waals surface area contributed by atoms with E-state index in [2.05, 4.69) is 64.4 Å². The van der Waals surface area contributed by atoms with Gasteiger partial charge < -0.3 is 25.8 Å². The van der Waals surface area contributed by atoms with Crippen molar-refractivity contribution in [3.05, 3.63) is 11.1 Å². The Bertz CT molecular complexity index is 1740. The van der Waals surface area contributed by atoms with Crippen LogP contribution in [0.4, 0.5) is 0 Å². The van der Waals surface area contributed by atoms with Gasteiger partial charge in [-0.3, -0.25) is 24.0 Å². The molecule has 0 bridgehead atoms. The Morgan fingerprint density at radius 1 is 0.842 bits per heavy atom. The van der Waals surface area contributed by atoms with Crippen molar-refractivity contribution >= 4 is 29.5 Å². The first-order chi connectivity index (χ1) is 26.4. The summed E-state index contributed by atoms with van der Waals surface area (Å²) in [7, 11) is 0. The quantitative estimate of drug-likeness (QED) is 0.186. The minimum Gasteiger partial charge on any atom is -0.481 e. The van der Waals surface area contributed by atoms with Crippen LogP contribution in [0.5, 0.6) is 0 Å². The van der Waals surface area contributed by atoms with E-state index in [9.17, 15) is 29.1 Å². The van der Waals surface area contributed by atoms with Crippen LogP contribution in [0.25, 0.3) is 0 Å². The Hall–Kier alpha value is -2.75. The molecule has 10 nitrogen and oxygen atoms in total. The second-order valence-electron chi connectivity index (χ2n) is 22.7. The lowest BCUT2D eigenvalue weighted by atomic mass is 9.33. The van der Waals surface area contributed by atoms with E-state index in [1.165, 1.54) is 5.57 Å². The molecule has 0 aromatic carbocycles. The number of hydrogen-bond donors (Lipinski definition) is 4. The van der Waals surface area contributed by atoms with Gasteiger partial charge >= 0.3 is 11.9 Å². The van der Waals surface area contributed by atoms with Crippen molar-refractivity contribution < 1.29 is 33.8 Å². The number of aliphatic carboxylic acids is 1. The van der Waals surface area contributed by atoms with Gasteiger partial charge in [0.2, 0.25) is 11.8 Å². The number of ketones is 1. The summed E-state index contributed by atoms with van der Waals surface area (Å²) in [4.78, 5) is 67.3. The van der Waals surface area contributed by atoms with Crippen LogP contribution >= 0.6 is 0 Å². The minimum atomic E-state index is -1.13. The average Bonchev–Trinajstić information content (AvgIpc) is 3.41. The number of amides is 2. The molecule has 11 atom stereocenters. The highest BCUT2D eigenvalue weighted by molar-refractivity contribution is 6.03. The zero-order chi connectivity index (χ0) is 41.9. The average molecular weight is 792 g/mol. The van der Waals surface area contributed by atoms with Gasteiger partial charge in [-0.25, -0.2) is 0 Å². The number of carbonyl (C=O) groups is 5. The van der Waals surface area contributed by atoms with E-state index < -0.39 is 34.3 Å². The fraction of sp³-hybridized carbons (Fsp3) is 0.851. The van der Waals surface area contributed by atoms with E-state index in [1.54, 1.807) is 13.8 Å². The second-order valence-corrected chi connectivity index (χ2v) is 22.7. The monoisotopic (exact) mass is 792 g/mol. The maximum atomic E-state index is 14.4. The lowest BCUT2D eigenvalue weighted by Crippen LogP contribution is -2.68. The number of carbonyl (C=O) groups excluding carboxylic acids is 4. The van der Waals surface area contributed by atoms with E-state index >= 15 is 0 Å². The number of fused-ring (bicyclic) bond motifs is 7. The maximum absolute atomic E-state index is 14.4. The van der Waals surface area contributed by atoms with Crippen molar-refractivity contribution in [1.29, 1.82) is 0 Å². The predicted molar refractivity (Wildman–Crippen MR) is 219 cm³/mol. The molecule has 7 aliphatic rings. The summed E-state index contributed by atoms with van der Waals surface area (Å²) < 4.78 is 6.41. The normalized spacial score (nSPS) is 42.1. The number of ether oxygens (including phenoxy) is 1. The van der Waals surface area contributed by atoms with E-state index in [0.29, 0.717) is 31.2 Å². The number of nitrogens with one attached hydrogen (secondary N) is 3. The molecule has 1 unspecified atom stereocenters. The van der Waals surface area contributed by atoms with E-state index in [0.717, 1.165) is 69.9 Å². The molecule has 57 heavy (non-hydrogen) atoms. The number of esters is 1. The van der Waals surface area contributed by atoms with Crippen LogP contribution in [0.2, 0.25) is 0 Å². The van der Waals surface area contributed by atoms with Gasteiger partial charge in [0.25, 0.3) is 0 Å². The molecule has 0 spiro atoms. The van der Waals surface area contributed by atoms with Crippen molar-refractivity contribution in [2.45, 2.75) is 170 Å². The van der Waals surface area contributed by atoms with Crippen LogP contribution in [0, 0.1) is 68.5 Å². The zero-order valence-electron chi connectivity index (χ0n) is 36.9. The highest BCUT2D eigenvalue weighted by atomic mass is 16.5. The first kappa shape index (κ1) is 42.4. The molecule has 1 saturated heterocycles. The Kier molecular flexibility index (Phi) is 10.3. The first-order valence-electron chi connectivity index (χ1n) is 22.4. The third kappa shape index (κ3) is 6.28. The van der Waals surface area contributed by atoms with Crippen LogP contribution in [-0.4, -0.2) is 64.9 Å². The Morgan fingerprint density at radius 2 is 1.54 bits per heavy atom. The molecule has 10 heteroatoms. The summed E-state index contributed by atoms with van der Waals surface area (Å²) in [6.07, 6.45) is 9.63. The number of allylic oxidation sites excluding steroid dienone is 1. The van der Waals surface area contributed by atoms with Crippen LogP contribution in [0.3, 0.4) is 0 Å². The minimum absolute atomic E-state index is 0.000726. The summed E-state index contributed by atoms with van der Waals surface area (Å²) in [5.74, 6) is -1.32. The summed E-state index contributed by atoms with van der Waals surface area (Å²) >= 11 is 0. The highest BCUT2D eigenvalue weighted by Crippen LogP contribution is 2.76.